The maximum absolute atomic E-state index is 14.0. The van der Waals surface area contributed by atoms with Crippen molar-refractivity contribution in [1.82, 2.24) is 15.1 Å². The second kappa shape index (κ2) is 8.20. The number of nitrogens with zero attached hydrogens (tertiary/aromatic N) is 3. The molecular weight excluding hydrogens is 438 g/mol. The van der Waals surface area contributed by atoms with Crippen LogP contribution in [0, 0.1) is 17.6 Å². The number of carbonyl (C=O) groups is 1. The van der Waals surface area contributed by atoms with Gasteiger partial charge in [0.15, 0.2) is 0 Å². The average Bonchev–Trinajstić information content (AvgIpc) is 3.50. The molecule has 6 nitrogen and oxygen atoms in total. The van der Waals surface area contributed by atoms with Crippen molar-refractivity contribution in [3.8, 4) is 22.6 Å². The Kier molecular flexibility index (Phi) is 5.13. The van der Waals surface area contributed by atoms with Gasteiger partial charge in [-0.2, -0.15) is 5.10 Å². The molecule has 6 rings (SSSR count). The van der Waals surface area contributed by atoms with Crippen molar-refractivity contribution in [3.63, 3.8) is 0 Å². The molecule has 0 unspecified atom stereocenters. The summed E-state index contributed by atoms with van der Waals surface area (Å²) in [5.41, 5.74) is 3.35. The number of ether oxygens (including phenoxy) is 1. The van der Waals surface area contributed by atoms with Gasteiger partial charge in [0.25, 0.3) is 0 Å². The number of anilines is 1. The third-order valence-corrected chi connectivity index (χ3v) is 7.01. The fourth-order valence-corrected chi connectivity index (χ4v) is 4.85. The molecule has 3 heterocycles. The zero-order valence-corrected chi connectivity index (χ0v) is 18.9. The number of halogens is 2. The summed E-state index contributed by atoms with van der Waals surface area (Å²) in [6.45, 7) is 3.80. The van der Waals surface area contributed by atoms with Gasteiger partial charge in [0.2, 0.25) is 5.91 Å². The third-order valence-electron chi connectivity index (χ3n) is 7.01. The summed E-state index contributed by atoms with van der Waals surface area (Å²) in [7, 11) is 0. The molecule has 34 heavy (non-hydrogen) atoms. The first-order valence-corrected chi connectivity index (χ1v) is 11.9. The van der Waals surface area contributed by atoms with Crippen molar-refractivity contribution in [2.75, 3.05) is 18.0 Å². The van der Waals surface area contributed by atoms with Gasteiger partial charge in [-0.3, -0.25) is 9.48 Å². The number of benzene rings is 2. The van der Waals surface area contributed by atoms with Crippen molar-refractivity contribution in [2.45, 2.75) is 44.7 Å². The second-order valence-electron chi connectivity index (χ2n) is 9.54. The van der Waals surface area contributed by atoms with Crippen LogP contribution in [0.25, 0.3) is 11.1 Å². The summed E-state index contributed by atoms with van der Waals surface area (Å²) >= 11 is 0. The lowest BCUT2D eigenvalue weighted by molar-refractivity contribution is -0.120. The van der Waals surface area contributed by atoms with Gasteiger partial charge in [0.1, 0.15) is 23.1 Å². The number of aromatic nitrogens is 2. The van der Waals surface area contributed by atoms with E-state index in [9.17, 15) is 13.6 Å². The first kappa shape index (κ1) is 21.3. The van der Waals surface area contributed by atoms with Gasteiger partial charge in [0, 0.05) is 66.1 Å². The Hall–Kier alpha value is -3.26. The standard InChI is InChI=1S/C26H26F2N4O2/c1-15-2-5-23-24(32(15)26(33)16-3-4-16)7-6-22(17-11-30-31(14-17)20-12-29-13-20)25(23)34-21-9-18(27)8-19(28)10-21/h6-11,14-16,20,29H,2-5,12-13H2,1H3/t15-/m0/s1. The Bertz CT molecular complexity index is 1250. The highest BCUT2D eigenvalue weighted by Gasteiger charge is 2.39. The van der Waals surface area contributed by atoms with Gasteiger partial charge in [0.05, 0.1) is 17.9 Å². The van der Waals surface area contributed by atoms with Crippen LogP contribution in [0.1, 0.15) is 37.8 Å². The van der Waals surface area contributed by atoms with E-state index in [0.717, 1.165) is 60.8 Å². The van der Waals surface area contributed by atoms with Crippen LogP contribution in [0.2, 0.25) is 0 Å². The monoisotopic (exact) mass is 464 g/mol. The highest BCUT2D eigenvalue weighted by Crippen LogP contribution is 2.46. The van der Waals surface area contributed by atoms with Crippen LogP contribution in [0.3, 0.4) is 0 Å². The molecule has 1 saturated heterocycles. The molecule has 1 N–H and O–H groups in total. The Morgan fingerprint density at radius 1 is 1.12 bits per heavy atom. The van der Waals surface area contributed by atoms with Gasteiger partial charge >= 0.3 is 0 Å². The molecule has 1 saturated carbocycles. The molecule has 176 valence electrons. The van der Waals surface area contributed by atoms with Crippen molar-refractivity contribution >= 4 is 11.6 Å². The van der Waals surface area contributed by atoms with Crippen LogP contribution >= 0.6 is 0 Å². The molecular formula is C26H26F2N4O2. The predicted molar refractivity (Wildman–Crippen MR) is 124 cm³/mol. The van der Waals surface area contributed by atoms with E-state index in [1.165, 1.54) is 12.1 Å². The highest BCUT2D eigenvalue weighted by atomic mass is 19.1. The Morgan fingerprint density at radius 2 is 1.88 bits per heavy atom. The summed E-state index contributed by atoms with van der Waals surface area (Å²) in [6, 6.07) is 7.46. The highest BCUT2D eigenvalue weighted by molar-refractivity contribution is 5.99. The van der Waals surface area contributed by atoms with Crippen molar-refractivity contribution in [2.24, 2.45) is 5.92 Å². The van der Waals surface area contributed by atoms with Crippen LogP contribution in [-0.2, 0) is 11.2 Å². The summed E-state index contributed by atoms with van der Waals surface area (Å²) < 4.78 is 36.0. The van der Waals surface area contributed by atoms with E-state index in [2.05, 4.69) is 17.3 Å². The van der Waals surface area contributed by atoms with Gasteiger partial charge < -0.3 is 15.0 Å². The van der Waals surface area contributed by atoms with Crippen LogP contribution in [-0.4, -0.2) is 34.8 Å². The fourth-order valence-electron chi connectivity index (χ4n) is 4.85. The third kappa shape index (κ3) is 3.76. The zero-order chi connectivity index (χ0) is 23.4. The van der Waals surface area contributed by atoms with Gasteiger partial charge in [-0.1, -0.05) is 0 Å². The Morgan fingerprint density at radius 3 is 2.56 bits per heavy atom. The average molecular weight is 465 g/mol. The van der Waals surface area contributed by atoms with Crippen LogP contribution in [0.5, 0.6) is 11.5 Å². The van der Waals surface area contributed by atoms with Crippen molar-refractivity contribution < 1.29 is 18.3 Å². The zero-order valence-electron chi connectivity index (χ0n) is 18.9. The smallest absolute Gasteiger partial charge is 0.230 e. The van der Waals surface area contributed by atoms with Crippen molar-refractivity contribution in [1.29, 1.82) is 0 Å². The van der Waals surface area contributed by atoms with Gasteiger partial charge in [-0.05, 0) is 44.7 Å². The minimum absolute atomic E-state index is 0.0831. The largest absolute Gasteiger partial charge is 0.456 e. The number of hydrogen-bond acceptors (Lipinski definition) is 4. The summed E-state index contributed by atoms with van der Waals surface area (Å²) in [5, 5.41) is 7.77. The molecule has 8 heteroatoms. The molecule has 2 aliphatic heterocycles. The van der Waals surface area contributed by atoms with Crippen LogP contribution < -0.4 is 15.0 Å². The van der Waals surface area contributed by atoms with Gasteiger partial charge in [-0.25, -0.2) is 8.78 Å². The number of carbonyl (C=O) groups excluding carboxylic acids is 1. The fraction of sp³-hybridized carbons (Fsp3) is 0.385. The van der Waals surface area contributed by atoms with Gasteiger partial charge in [-0.15, -0.1) is 0 Å². The molecule has 3 aromatic rings. The molecule has 2 fully saturated rings. The van der Waals surface area contributed by atoms with E-state index in [1.807, 2.05) is 27.9 Å². The number of rotatable bonds is 5. The molecule has 0 spiro atoms. The first-order valence-electron chi connectivity index (χ1n) is 11.9. The van der Waals surface area contributed by atoms with E-state index < -0.39 is 11.6 Å². The maximum Gasteiger partial charge on any atom is 0.230 e. The summed E-state index contributed by atoms with van der Waals surface area (Å²) in [6.07, 6.45) is 7.11. The minimum atomic E-state index is -0.703. The van der Waals surface area contributed by atoms with Crippen molar-refractivity contribution in [3.05, 3.63) is 59.9 Å². The number of hydrogen-bond donors (Lipinski definition) is 1. The molecule has 2 aromatic carbocycles. The number of fused-ring (bicyclic) bond motifs is 1. The molecule has 0 radical (unpaired) electrons. The number of nitrogens with one attached hydrogen (secondary N) is 1. The predicted octanol–water partition coefficient (Wildman–Crippen LogP) is 4.84. The summed E-state index contributed by atoms with van der Waals surface area (Å²) in [5.74, 6) is -0.564. The molecule has 1 aliphatic carbocycles. The van der Waals surface area contributed by atoms with E-state index >= 15 is 0 Å². The van der Waals surface area contributed by atoms with Crippen LogP contribution in [0.4, 0.5) is 14.5 Å². The Labute approximate surface area is 196 Å². The normalized spacial score (nSPS) is 20.1. The summed E-state index contributed by atoms with van der Waals surface area (Å²) in [4.78, 5) is 15.0. The SMILES string of the molecule is C[C@H]1CCc2c(ccc(-c3cnn(C4CNC4)c3)c2Oc2cc(F)cc(F)c2)N1C(=O)C1CC1. The van der Waals surface area contributed by atoms with E-state index in [4.69, 9.17) is 4.74 Å². The van der Waals surface area contributed by atoms with Crippen LogP contribution in [0.15, 0.2) is 42.7 Å². The lowest BCUT2D eigenvalue weighted by Gasteiger charge is -2.36. The molecule has 0 bridgehead atoms. The second-order valence-corrected chi connectivity index (χ2v) is 9.54. The lowest BCUT2D eigenvalue weighted by atomic mass is 9.92. The molecule has 1 atom stereocenters. The first-order chi connectivity index (χ1) is 16.5. The maximum atomic E-state index is 14.0. The topological polar surface area (TPSA) is 59.4 Å². The minimum Gasteiger partial charge on any atom is -0.456 e. The quantitative estimate of drug-likeness (QED) is 0.587. The van der Waals surface area contributed by atoms with E-state index in [0.29, 0.717) is 18.2 Å². The van der Waals surface area contributed by atoms with E-state index in [-0.39, 0.29) is 23.6 Å². The molecule has 3 aliphatic rings. The Balaban J connectivity index is 1.47. The molecule has 1 aromatic heterocycles. The lowest BCUT2D eigenvalue weighted by Crippen LogP contribution is -2.43. The van der Waals surface area contributed by atoms with E-state index in [1.54, 1.807) is 6.20 Å². The molecule has 1 amide bonds. The number of amides is 1.